The quantitative estimate of drug-likeness (QED) is 0.698. The van der Waals surface area contributed by atoms with Gasteiger partial charge in [-0.3, -0.25) is 4.90 Å². The lowest BCUT2D eigenvalue weighted by Gasteiger charge is -2.45. The van der Waals surface area contributed by atoms with Crippen molar-refractivity contribution in [2.24, 2.45) is 0 Å². The van der Waals surface area contributed by atoms with Crippen LogP contribution in [-0.4, -0.2) is 78.8 Å². The van der Waals surface area contributed by atoms with Crippen LogP contribution in [0.3, 0.4) is 0 Å². The summed E-state index contributed by atoms with van der Waals surface area (Å²) in [6, 6.07) is 0.152. The highest BCUT2D eigenvalue weighted by Crippen LogP contribution is 2.43. The van der Waals surface area contributed by atoms with E-state index in [9.17, 15) is 14.0 Å². The van der Waals surface area contributed by atoms with Gasteiger partial charge < -0.3 is 20.0 Å². The van der Waals surface area contributed by atoms with Gasteiger partial charge in [0.05, 0.1) is 18.3 Å². The van der Waals surface area contributed by atoms with E-state index in [1.165, 1.54) is 6.92 Å². The van der Waals surface area contributed by atoms with Gasteiger partial charge in [-0.25, -0.2) is 23.9 Å². The Labute approximate surface area is 204 Å². The molecule has 2 atom stereocenters. The van der Waals surface area contributed by atoms with Crippen molar-refractivity contribution in [3.8, 4) is 0 Å². The highest BCUT2D eigenvalue weighted by molar-refractivity contribution is 5.78. The van der Waals surface area contributed by atoms with Crippen LogP contribution in [0.2, 0.25) is 0 Å². The topological polar surface area (TPSA) is 109 Å². The largest absolute Gasteiger partial charge is 0.331 e. The van der Waals surface area contributed by atoms with Gasteiger partial charge in [0.2, 0.25) is 0 Å². The molecule has 0 aromatic carbocycles. The average Bonchev–Trinajstić information content (AvgIpc) is 3.26. The molecule has 2 aliphatic heterocycles. The number of anilines is 2. The lowest BCUT2D eigenvalue weighted by molar-refractivity contribution is -0.143. The van der Waals surface area contributed by atoms with Crippen LogP contribution < -0.4 is 10.2 Å². The van der Waals surface area contributed by atoms with Crippen molar-refractivity contribution in [3.05, 3.63) is 29.1 Å². The Morgan fingerprint density at radius 3 is 2.60 bits per heavy atom. The molecule has 0 unspecified atom stereocenters. The number of fused-ring (bicyclic) bond motifs is 1. The zero-order valence-corrected chi connectivity index (χ0v) is 21.3. The molecule has 12 heteroatoms. The maximum absolute atomic E-state index is 14.5. The molecule has 190 valence electrons. The molecule has 0 aliphatic carbocycles. The number of carbonyl (C=O) groups is 2. The van der Waals surface area contributed by atoms with Crippen molar-refractivity contribution in [1.82, 2.24) is 34.6 Å². The predicted molar refractivity (Wildman–Crippen MR) is 126 cm³/mol. The second-order valence-corrected chi connectivity index (χ2v) is 9.81. The van der Waals surface area contributed by atoms with Gasteiger partial charge in [-0.05, 0) is 34.7 Å². The van der Waals surface area contributed by atoms with Crippen molar-refractivity contribution in [1.29, 1.82) is 0 Å². The zero-order valence-electron chi connectivity index (χ0n) is 21.3. The molecule has 4 rings (SSSR count). The van der Waals surface area contributed by atoms with Gasteiger partial charge >= 0.3 is 12.0 Å². The summed E-state index contributed by atoms with van der Waals surface area (Å²) in [5, 5.41) is 7.31. The zero-order chi connectivity index (χ0) is 25.7. The van der Waals surface area contributed by atoms with Crippen molar-refractivity contribution in [2.45, 2.75) is 72.1 Å². The number of rotatable bonds is 4. The molecular formula is C23H33FN8O3. The minimum atomic E-state index is -0.847. The third kappa shape index (κ3) is 4.42. The second kappa shape index (κ2) is 9.06. The van der Waals surface area contributed by atoms with Crippen molar-refractivity contribution < 1.29 is 18.8 Å². The highest BCUT2D eigenvalue weighted by atomic mass is 19.1. The first-order chi connectivity index (χ1) is 16.4. The molecule has 2 aliphatic rings. The average molecular weight is 489 g/mol. The number of aromatic nitrogens is 4. The summed E-state index contributed by atoms with van der Waals surface area (Å²) in [4.78, 5) is 46.1. The van der Waals surface area contributed by atoms with E-state index in [1.807, 2.05) is 32.6 Å². The van der Waals surface area contributed by atoms with Gasteiger partial charge in [0.15, 0.2) is 17.5 Å². The maximum atomic E-state index is 14.5. The number of halogens is 1. The number of hydrogen-bond acceptors (Lipinski definition) is 8. The molecule has 1 N–H and O–H groups in total. The summed E-state index contributed by atoms with van der Waals surface area (Å²) >= 11 is 0. The smallest absolute Gasteiger partial charge is 0.320 e. The third-order valence-electron chi connectivity index (χ3n) is 6.86. The van der Waals surface area contributed by atoms with Crippen LogP contribution in [0.15, 0.2) is 6.20 Å². The Bertz CT molecular complexity index is 1150. The molecule has 4 heterocycles. The number of amides is 2. The Morgan fingerprint density at radius 2 is 1.94 bits per heavy atom. The molecule has 0 saturated carbocycles. The van der Waals surface area contributed by atoms with Crippen LogP contribution in [0.4, 0.5) is 20.8 Å². The molecule has 2 amide bonds. The molecule has 11 nitrogen and oxygen atoms in total. The molecular weight excluding hydrogens is 455 g/mol. The Morgan fingerprint density at radius 1 is 1.23 bits per heavy atom. The SMILES string of the molecule is CCc1ncc(F)c(Nc2nn(OC(C)=O)c3c2CN(C(=O)N2C[C@@H](C)N(C)C[C@@H]2C)C3(C)C)n1. The fourth-order valence-electron chi connectivity index (χ4n) is 4.76. The molecule has 2 aromatic rings. The Balaban J connectivity index is 1.71. The first-order valence-electron chi connectivity index (χ1n) is 11.8. The van der Waals surface area contributed by atoms with E-state index < -0.39 is 17.3 Å². The van der Waals surface area contributed by atoms with E-state index >= 15 is 0 Å². The van der Waals surface area contributed by atoms with Gasteiger partial charge in [-0.1, -0.05) is 11.8 Å². The molecule has 0 radical (unpaired) electrons. The van der Waals surface area contributed by atoms with Crippen LogP contribution in [0.1, 0.15) is 58.6 Å². The first kappa shape index (κ1) is 24.8. The molecule has 0 bridgehead atoms. The van der Waals surface area contributed by atoms with Crippen LogP contribution in [0, 0.1) is 5.82 Å². The molecule has 35 heavy (non-hydrogen) atoms. The van der Waals surface area contributed by atoms with Crippen LogP contribution in [-0.2, 0) is 23.3 Å². The van der Waals surface area contributed by atoms with Crippen molar-refractivity contribution >= 4 is 23.6 Å². The Hall–Kier alpha value is -3.28. The number of likely N-dealkylation sites (N-methyl/N-ethyl adjacent to an activating group) is 1. The molecule has 0 spiro atoms. The lowest BCUT2D eigenvalue weighted by atomic mass is 10.0. The summed E-state index contributed by atoms with van der Waals surface area (Å²) in [6.45, 7) is 12.6. The summed E-state index contributed by atoms with van der Waals surface area (Å²) in [5.74, 6) is -0.491. The van der Waals surface area contributed by atoms with Crippen LogP contribution in [0.5, 0.6) is 0 Å². The summed E-state index contributed by atoms with van der Waals surface area (Å²) < 4.78 is 14.5. The fourth-order valence-corrected chi connectivity index (χ4v) is 4.76. The summed E-state index contributed by atoms with van der Waals surface area (Å²) in [6.07, 6.45) is 1.64. The number of nitrogens with zero attached hydrogens (tertiary/aromatic N) is 7. The number of carbonyl (C=O) groups excluding carboxylic acids is 2. The normalized spacial score (nSPS) is 21.7. The van der Waals surface area contributed by atoms with E-state index in [0.717, 1.165) is 17.6 Å². The third-order valence-corrected chi connectivity index (χ3v) is 6.86. The number of nitrogens with one attached hydrogen (secondary N) is 1. The summed E-state index contributed by atoms with van der Waals surface area (Å²) in [5.41, 5.74) is 0.332. The highest BCUT2D eigenvalue weighted by Gasteiger charge is 2.49. The van der Waals surface area contributed by atoms with E-state index in [-0.39, 0.29) is 36.3 Å². The second-order valence-electron chi connectivity index (χ2n) is 9.81. The minimum absolute atomic E-state index is 0.0313. The molecule has 1 fully saturated rings. The summed E-state index contributed by atoms with van der Waals surface area (Å²) in [7, 11) is 2.06. The standard InChI is InChI=1S/C23H33FN8O3/c1-8-18-25-9-17(24)21(26-18)27-20-16-12-31(22(34)30-11-13(2)29(7)10-14(30)3)23(5,6)19(16)32(28-20)35-15(4)33/h9,13-14H,8,10-12H2,1-7H3,(H,25,26,27,28)/t13-,14+/m1/s1. The Kier molecular flexibility index (Phi) is 6.43. The van der Waals surface area contributed by atoms with E-state index in [0.29, 0.717) is 30.0 Å². The van der Waals surface area contributed by atoms with E-state index in [4.69, 9.17) is 4.84 Å². The number of piperazine rings is 1. The van der Waals surface area contributed by atoms with Gasteiger partial charge in [0.25, 0.3) is 0 Å². The first-order valence-corrected chi connectivity index (χ1v) is 11.8. The monoisotopic (exact) mass is 488 g/mol. The molecule has 1 saturated heterocycles. The number of hydrogen-bond donors (Lipinski definition) is 1. The van der Waals surface area contributed by atoms with E-state index in [1.54, 1.807) is 4.90 Å². The minimum Gasteiger partial charge on any atom is -0.320 e. The van der Waals surface area contributed by atoms with Gasteiger partial charge in [-0.2, -0.15) is 0 Å². The lowest BCUT2D eigenvalue weighted by Crippen LogP contribution is -2.60. The van der Waals surface area contributed by atoms with Crippen molar-refractivity contribution in [2.75, 3.05) is 25.5 Å². The van der Waals surface area contributed by atoms with Gasteiger partial charge in [-0.15, -0.1) is 5.10 Å². The number of urea groups is 1. The van der Waals surface area contributed by atoms with Crippen LogP contribution in [0.25, 0.3) is 0 Å². The van der Waals surface area contributed by atoms with Gasteiger partial charge in [0.1, 0.15) is 11.5 Å². The number of aryl methyl sites for hydroxylation is 1. The predicted octanol–water partition coefficient (Wildman–Crippen LogP) is 2.29. The van der Waals surface area contributed by atoms with E-state index in [2.05, 4.69) is 39.3 Å². The van der Waals surface area contributed by atoms with Gasteiger partial charge in [0, 0.05) is 44.1 Å². The fraction of sp³-hybridized carbons (Fsp3) is 0.609. The molecule has 2 aromatic heterocycles. The van der Waals surface area contributed by atoms with Crippen molar-refractivity contribution in [3.63, 3.8) is 0 Å². The maximum Gasteiger partial charge on any atom is 0.331 e. The van der Waals surface area contributed by atoms with Crippen LogP contribution >= 0.6 is 0 Å².